The van der Waals surface area contributed by atoms with Crippen LogP contribution in [0.5, 0.6) is 5.88 Å². The number of hydrogen-bond acceptors (Lipinski definition) is 5. The van der Waals surface area contributed by atoms with Crippen molar-refractivity contribution in [3.05, 3.63) is 47.7 Å². The molecule has 0 atom stereocenters. The Morgan fingerprint density at radius 3 is 2.57 bits per heavy atom. The average molecular weight is 324 g/mol. The minimum absolute atomic E-state index is 0.189. The lowest BCUT2D eigenvalue weighted by atomic mass is 10.2. The highest BCUT2D eigenvalue weighted by Crippen LogP contribution is 2.44. The van der Waals surface area contributed by atoms with E-state index >= 15 is 0 Å². The van der Waals surface area contributed by atoms with Crippen LogP contribution >= 0.6 is 0 Å². The van der Waals surface area contributed by atoms with Crippen molar-refractivity contribution in [2.24, 2.45) is 0 Å². The Labute approximate surface area is 130 Å². The third-order valence-electron chi connectivity index (χ3n) is 3.76. The van der Waals surface area contributed by atoms with Crippen molar-refractivity contribution in [1.82, 2.24) is 20.3 Å². The minimum Gasteiger partial charge on any atom is -0.481 e. The van der Waals surface area contributed by atoms with E-state index in [9.17, 15) is 13.2 Å². The first-order valence-electron chi connectivity index (χ1n) is 7.08. The Morgan fingerprint density at radius 2 is 2.00 bits per heavy atom. The topological polar surface area (TPSA) is 59.9 Å². The summed E-state index contributed by atoms with van der Waals surface area (Å²) in [6.45, 7) is 0.469. The number of nitrogens with one attached hydrogen (secondary N) is 1. The Bertz CT molecular complexity index is 684. The van der Waals surface area contributed by atoms with E-state index in [2.05, 4.69) is 20.3 Å². The number of hydrogen-bond donors (Lipinski definition) is 1. The van der Waals surface area contributed by atoms with Crippen LogP contribution in [0.15, 0.2) is 30.6 Å². The maximum absolute atomic E-state index is 12.8. The van der Waals surface area contributed by atoms with Gasteiger partial charge in [0.25, 0.3) is 0 Å². The molecule has 0 spiro atoms. The molecule has 8 heteroatoms. The number of halogens is 3. The molecule has 1 saturated carbocycles. The fourth-order valence-corrected chi connectivity index (χ4v) is 2.26. The summed E-state index contributed by atoms with van der Waals surface area (Å²) in [6.07, 6.45) is -0.236. The van der Waals surface area contributed by atoms with E-state index in [0.29, 0.717) is 25.3 Å². The molecule has 1 N–H and O–H groups in total. The molecular weight excluding hydrogens is 309 g/mol. The Kier molecular flexibility index (Phi) is 3.93. The molecule has 0 saturated heterocycles. The summed E-state index contributed by atoms with van der Waals surface area (Å²) in [4.78, 5) is 11.8. The lowest BCUT2D eigenvalue weighted by Gasteiger charge is -2.17. The predicted molar refractivity (Wildman–Crippen MR) is 75.6 cm³/mol. The monoisotopic (exact) mass is 324 g/mol. The van der Waals surface area contributed by atoms with Crippen LogP contribution in [0.2, 0.25) is 0 Å². The highest BCUT2D eigenvalue weighted by molar-refractivity contribution is 5.22. The van der Waals surface area contributed by atoms with Crippen molar-refractivity contribution in [1.29, 1.82) is 0 Å². The first kappa shape index (κ1) is 15.7. The number of methoxy groups -OCH3 is 1. The van der Waals surface area contributed by atoms with E-state index < -0.39 is 17.4 Å². The smallest absolute Gasteiger partial charge is 0.433 e. The summed E-state index contributed by atoms with van der Waals surface area (Å²) in [5.41, 5.74) is -0.591. The highest BCUT2D eigenvalue weighted by Gasteiger charge is 2.47. The van der Waals surface area contributed by atoms with Crippen molar-refractivity contribution < 1.29 is 17.9 Å². The molecule has 2 heterocycles. The lowest BCUT2D eigenvalue weighted by molar-refractivity contribution is -0.141. The molecule has 23 heavy (non-hydrogen) atoms. The zero-order valence-corrected chi connectivity index (χ0v) is 12.4. The number of ether oxygens (including phenoxy) is 1. The maximum Gasteiger partial charge on any atom is 0.433 e. The number of pyridine rings is 1. The Balaban J connectivity index is 1.72. The van der Waals surface area contributed by atoms with Crippen molar-refractivity contribution in [2.75, 3.05) is 7.11 Å². The zero-order chi connectivity index (χ0) is 16.5. The van der Waals surface area contributed by atoms with Gasteiger partial charge in [-0.05, 0) is 24.5 Å². The largest absolute Gasteiger partial charge is 0.481 e. The standard InChI is InChI=1S/C15H15F3N4O/c1-23-12-3-2-10(8-20-12)9-21-14(5-6-14)13-19-7-4-11(22-13)15(16,17)18/h2-4,7-8,21H,5-6,9H2,1H3. The number of aromatic nitrogens is 3. The Morgan fingerprint density at radius 1 is 1.22 bits per heavy atom. The van der Waals surface area contributed by atoms with Crippen molar-refractivity contribution in [2.45, 2.75) is 31.1 Å². The quantitative estimate of drug-likeness (QED) is 0.916. The second kappa shape index (κ2) is 5.77. The van der Waals surface area contributed by atoms with Gasteiger partial charge >= 0.3 is 6.18 Å². The molecule has 0 radical (unpaired) electrons. The number of nitrogens with zero attached hydrogens (tertiary/aromatic N) is 3. The third kappa shape index (κ3) is 3.42. The van der Waals surface area contributed by atoms with Crippen LogP contribution < -0.4 is 10.1 Å². The van der Waals surface area contributed by atoms with Gasteiger partial charge in [0.1, 0.15) is 11.5 Å². The van der Waals surface area contributed by atoms with Crippen LogP contribution in [0.3, 0.4) is 0 Å². The second-order valence-corrected chi connectivity index (χ2v) is 5.41. The van der Waals surface area contributed by atoms with Crippen LogP contribution in [0.1, 0.15) is 29.9 Å². The van der Waals surface area contributed by atoms with Gasteiger partial charge in [0.2, 0.25) is 5.88 Å². The summed E-state index contributed by atoms with van der Waals surface area (Å²) < 4.78 is 43.3. The first-order valence-corrected chi connectivity index (χ1v) is 7.08. The number of rotatable bonds is 5. The van der Waals surface area contributed by atoms with Gasteiger partial charge in [-0.2, -0.15) is 13.2 Å². The molecule has 122 valence electrons. The van der Waals surface area contributed by atoms with Gasteiger partial charge in [0.15, 0.2) is 0 Å². The third-order valence-corrected chi connectivity index (χ3v) is 3.76. The van der Waals surface area contributed by atoms with Crippen LogP contribution in [0.25, 0.3) is 0 Å². The van der Waals surface area contributed by atoms with Crippen molar-refractivity contribution in [3.63, 3.8) is 0 Å². The summed E-state index contributed by atoms with van der Waals surface area (Å²) in [5, 5.41) is 3.25. The second-order valence-electron chi connectivity index (χ2n) is 5.41. The van der Waals surface area contributed by atoms with Gasteiger partial charge in [0.05, 0.1) is 12.6 Å². The fraction of sp³-hybridized carbons (Fsp3) is 0.400. The van der Waals surface area contributed by atoms with Crippen LogP contribution in [0.4, 0.5) is 13.2 Å². The van der Waals surface area contributed by atoms with Crippen LogP contribution in [0, 0.1) is 0 Å². The van der Waals surface area contributed by atoms with Gasteiger partial charge in [-0.1, -0.05) is 6.07 Å². The molecule has 1 aliphatic rings. The SMILES string of the molecule is COc1ccc(CNC2(c3nccc(C(F)(F)F)n3)CC2)cn1. The van der Waals surface area contributed by atoms with E-state index in [1.165, 1.54) is 7.11 Å². The van der Waals surface area contributed by atoms with Crippen LogP contribution in [-0.4, -0.2) is 22.1 Å². The molecule has 0 amide bonds. The molecule has 2 aromatic rings. The van der Waals surface area contributed by atoms with E-state index in [-0.39, 0.29) is 5.82 Å². The molecule has 0 bridgehead atoms. The minimum atomic E-state index is -4.46. The van der Waals surface area contributed by atoms with Crippen molar-refractivity contribution >= 4 is 0 Å². The van der Waals surface area contributed by atoms with Gasteiger partial charge < -0.3 is 10.1 Å². The van der Waals surface area contributed by atoms with E-state index in [4.69, 9.17) is 4.74 Å². The molecule has 3 rings (SSSR count). The summed E-state index contributed by atoms with van der Waals surface area (Å²) in [5.74, 6) is 0.699. The molecule has 1 aliphatic carbocycles. The maximum atomic E-state index is 12.8. The molecule has 2 aromatic heterocycles. The van der Waals surface area contributed by atoms with Gasteiger partial charge in [-0.15, -0.1) is 0 Å². The van der Waals surface area contributed by atoms with Gasteiger partial charge in [0, 0.05) is 25.0 Å². The van der Waals surface area contributed by atoms with Gasteiger partial charge in [-0.3, -0.25) is 0 Å². The van der Waals surface area contributed by atoms with E-state index in [1.807, 2.05) is 6.07 Å². The fourth-order valence-electron chi connectivity index (χ4n) is 2.26. The molecular formula is C15H15F3N4O. The lowest BCUT2D eigenvalue weighted by Crippen LogP contribution is -2.31. The van der Waals surface area contributed by atoms with Gasteiger partial charge in [-0.25, -0.2) is 15.0 Å². The summed E-state index contributed by atoms with van der Waals surface area (Å²) >= 11 is 0. The average Bonchev–Trinajstić information content (AvgIpc) is 3.34. The molecule has 1 fully saturated rings. The number of alkyl halides is 3. The summed E-state index contributed by atoms with van der Waals surface area (Å²) in [6, 6.07) is 4.46. The normalized spacial score (nSPS) is 16.2. The predicted octanol–water partition coefficient (Wildman–Crippen LogP) is 2.68. The first-order chi connectivity index (χ1) is 10.9. The molecule has 0 aromatic carbocycles. The molecule has 0 aliphatic heterocycles. The Hall–Kier alpha value is -2.22. The zero-order valence-electron chi connectivity index (χ0n) is 12.4. The van der Waals surface area contributed by atoms with Crippen molar-refractivity contribution in [3.8, 4) is 5.88 Å². The summed E-state index contributed by atoms with van der Waals surface area (Å²) in [7, 11) is 1.53. The van der Waals surface area contributed by atoms with E-state index in [0.717, 1.165) is 17.8 Å². The molecule has 5 nitrogen and oxygen atoms in total. The van der Waals surface area contributed by atoms with E-state index in [1.54, 1.807) is 12.3 Å². The van der Waals surface area contributed by atoms with Crippen LogP contribution in [-0.2, 0) is 18.3 Å². The molecule has 0 unspecified atom stereocenters. The highest BCUT2D eigenvalue weighted by atomic mass is 19.4.